The molecule has 0 saturated heterocycles. The lowest BCUT2D eigenvalue weighted by Crippen LogP contribution is -2.09. The molecule has 0 amide bonds. The summed E-state index contributed by atoms with van der Waals surface area (Å²) >= 11 is 0. The molecule has 0 heterocycles. The van der Waals surface area contributed by atoms with Gasteiger partial charge in [0.2, 0.25) is 0 Å². The van der Waals surface area contributed by atoms with E-state index in [0.29, 0.717) is 13.0 Å². The summed E-state index contributed by atoms with van der Waals surface area (Å²) in [7, 11) is 1.78. The van der Waals surface area contributed by atoms with Crippen molar-refractivity contribution < 1.29 is 8.78 Å². The molecule has 1 aliphatic rings. The first-order valence-corrected chi connectivity index (χ1v) is 3.19. The zero-order chi connectivity index (χ0) is 6.91. The highest BCUT2D eigenvalue weighted by molar-refractivity contribution is 4.94. The fourth-order valence-electron chi connectivity index (χ4n) is 0.901. The first-order chi connectivity index (χ1) is 4.17. The highest BCUT2D eigenvalue weighted by Crippen LogP contribution is 2.50. The summed E-state index contributed by atoms with van der Waals surface area (Å²) in [5, 5.41) is 2.84. The van der Waals surface area contributed by atoms with Gasteiger partial charge in [-0.2, -0.15) is 0 Å². The van der Waals surface area contributed by atoms with Crippen LogP contribution in [0.15, 0.2) is 0 Å². The van der Waals surface area contributed by atoms with Crippen LogP contribution in [0.5, 0.6) is 0 Å². The van der Waals surface area contributed by atoms with Gasteiger partial charge in [-0.05, 0) is 20.0 Å². The molecule has 0 radical (unpaired) electrons. The van der Waals surface area contributed by atoms with Gasteiger partial charge in [0, 0.05) is 12.3 Å². The average Bonchev–Trinajstić information content (AvgIpc) is 2.35. The van der Waals surface area contributed by atoms with Gasteiger partial charge in [-0.15, -0.1) is 0 Å². The molecule has 0 aliphatic heterocycles. The zero-order valence-corrected chi connectivity index (χ0v) is 5.45. The summed E-state index contributed by atoms with van der Waals surface area (Å²) in [6.45, 7) is 0.709. The Kier molecular flexibility index (Phi) is 1.70. The molecule has 1 N–H and O–H groups in total. The van der Waals surface area contributed by atoms with Crippen molar-refractivity contribution in [3.63, 3.8) is 0 Å². The zero-order valence-electron chi connectivity index (χ0n) is 5.45. The van der Waals surface area contributed by atoms with Crippen LogP contribution in [0.25, 0.3) is 0 Å². The predicted octanol–water partition coefficient (Wildman–Crippen LogP) is 1.25. The van der Waals surface area contributed by atoms with E-state index in [2.05, 4.69) is 5.32 Å². The normalized spacial score (nSPS) is 30.3. The topological polar surface area (TPSA) is 12.0 Å². The number of nitrogens with one attached hydrogen (secondary N) is 1. The van der Waals surface area contributed by atoms with Crippen LogP contribution in [0.1, 0.15) is 12.8 Å². The molecule has 0 unspecified atom stereocenters. The van der Waals surface area contributed by atoms with Crippen molar-refractivity contribution in [2.45, 2.75) is 18.8 Å². The number of alkyl halides is 2. The van der Waals surface area contributed by atoms with Crippen molar-refractivity contribution in [2.75, 3.05) is 13.6 Å². The molecule has 1 atom stereocenters. The van der Waals surface area contributed by atoms with Crippen LogP contribution in [0.4, 0.5) is 8.78 Å². The van der Waals surface area contributed by atoms with Crippen LogP contribution in [0, 0.1) is 5.92 Å². The molecule has 1 aliphatic carbocycles. The van der Waals surface area contributed by atoms with Crippen molar-refractivity contribution in [2.24, 2.45) is 5.92 Å². The summed E-state index contributed by atoms with van der Waals surface area (Å²) in [6.07, 6.45) is 0.720. The van der Waals surface area contributed by atoms with Gasteiger partial charge in [0.15, 0.2) is 0 Å². The van der Waals surface area contributed by atoms with Crippen LogP contribution >= 0.6 is 0 Å². The first kappa shape index (κ1) is 6.93. The van der Waals surface area contributed by atoms with Crippen LogP contribution < -0.4 is 5.32 Å². The maximum absolute atomic E-state index is 12.1. The molecule has 1 saturated carbocycles. The van der Waals surface area contributed by atoms with E-state index in [-0.39, 0.29) is 12.3 Å². The van der Waals surface area contributed by atoms with E-state index >= 15 is 0 Å². The Bertz CT molecular complexity index is 103. The SMILES string of the molecule is CNCC[C@H]1CC1(F)F. The fourth-order valence-corrected chi connectivity index (χ4v) is 0.901. The van der Waals surface area contributed by atoms with E-state index in [1.807, 2.05) is 0 Å². The minimum atomic E-state index is -2.32. The van der Waals surface area contributed by atoms with Crippen molar-refractivity contribution >= 4 is 0 Å². The van der Waals surface area contributed by atoms with Gasteiger partial charge in [-0.1, -0.05) is 0 Å². The van der Waals surface area contributed by atoms with Gasteiger partial charge in [0.1, 0.15) is 0 Å². The molecule has 0 aromatic carbocycles. The smallest absolute Gasteiger partial charge is 0.251 e. The number of hydrogen-bond donors (Lipinski definition) is 1. The number of hydrogen-bond acceptors (Lipinski definition) is 1. The standard InChI is InChI=1S/C6H11F2N/c1-9-3-2-5-4-6(5,7)8/h5,9H,2-4H2,1H3/t5-/m0/s1. The highest BCUT2D eigenvalue weighted by Gasteiger charge is 2.55. The lowest BCUT2D eigenvalue weighted by molar-refractivity contribution is 0.0972. The van der Waals surface area contributed by atoms with Crippen molar-refractivity contribution in [1.29, 1.82) is 0 Å². The fraction of sp³-hybridized carbons (Fsp3) is 1.00. The Balaban J connectivity index is 2.06. The molecule has 0 bridgehead atoms. The summed E-state index contributed by atoms with van der Waals surface area (Å²) in [5.74, 6) is -2.65. The highest BCUT2D eigenvalue weighted by atomic mass is 19.3. The Labute approximate surface area is 53.4 Å². The van der Waals surface area contributed by atoms with Gasteiger partial charge >= 0.3 is 0 Å². The Morgan fingerprint density at radius 1 is 1.67 bits per heavy atom. The third kappa shape index (κ3) is 1.61. The predicted molar refractivity (Wildman–Crippen MR) is 31.6 cm³/mol. The van der Waals surface area contributed by atoms with E-state index < -0.39 is 5.92 Å². The van der Waals surface area contributed by atoms with Crippen LogP contribution in [0.3, 0.4) is 0 Å². The largest absolute Gasteiger partial charge is 0.320 e. The van der Waals surface area contributed by atoms with Crippen molar-refractivity contribution in [3.05, 3.63) is 0 Å². The van der Waals surface area contributed by atoms with Gasteiger partial charge in [-0.3, -0.25) is 0 Å². The van der Waals surface area contributed by atoms with Gasteiger partial charge in [0.25, 0.3) is 5.92 Å². The number of rotatable bonds is 3. The molecule has 9 heavy (non-hydrogen) atoms. The Morgan fingerprint density at radius 2 is 2.22 bits per heavy atom. The molecule has 1 fully saturated rings. The van der Waals surface area contributed by atoms with Crippen molar-refractivity contribution in [3.8, 4) is 0 Å². The molecule has 3 heteroatoms. The van der Waals surface area contributed by atoms with E-state index in [1.165, 1.54) is 0 Å². The second-order valence-electron chi connectivity index (χ2n) is 2.55. The first-order valence-electron chi connectivity index (χ1n) is 3.19. The third-order valence-corrected chi connectivity index (χ3v) is 1.70. The molecular formula is C6H11F2N. The molecule has 1 nitrogen and oxygen atoms in total. The molecular weight excluding hydrogens is 124 g/mol. The molecule has 54 valence electrons. The van der Waals surface area contributed by atoms with Crippen LogP contribution in [-0.4, -0.2) is 19.5 Å². The van der Waals surface area contributed by atoms with Gasteiger partial charge in [-0.25, -0.2) is 8.78 Å². The second kappa shape index (κ2) is 2.21. The maximum Gasteiger partial charge on any atom is 0.251 e. The molecule has 0 spiro atoms. The quantitative estimate of drug-likeness (QED) is 0.614. The minimum Gasteiger partial charge on any atom is -0.320 e. The van der Waals surface area contributed by atoms with E-state index in [4.69, 9.17) is 0 Å². The summed E-state index contributed by atoms with van der Waals surface area (Å²) in [6, 6.07) is 0. The van der Waals surface area contributed by atoms with Gasteiger partial charge in [0.05, 0.1) is 0 Å². The number of halogens is 2. The maximum atomic E-state index is 12.1. The van der Waals surface area contributed by atoms with Gasteiger partial charge < -0.3 is 5.32 Å². The lowest BCUT2D eigenvalue weighted by Gasteiger charge is -1.95. The molecule has 0 aromatic heterocycles. The Morgan fingerprint density at radius 3 is 2.56 bits per heavy atom. The second-order valence-corrected chi connectivity index (χ2v) is 2.55. The monoisotopic (exact) mass is 135 g/mol. The summed E-state index contributed by atoms with van der Waals surface area (Å²) in [4.78, 5) is 0. The average molecular weight is 135 g/mol. The minimum absolute atomic E-state index is 0.106. The Hall–Kier alpha value is -0.180. The third-order valence-electron chi connectivity index (χ3n) is 1.70. The lowest BCUT2D eigenvalue weighted by atomic mass is 10.3. The van der Waals surface area contributed by atoms with E-state index in [9.17, 15) is 8.78 Å². The summed E-state index contributed by atoms with van der Waals surface area (Å²) in [5.41, 5.74) is 0. The van der Waals surface area contributed by atoms with E-state index in [1.54, 1.807) is 7.05 Å². The molecule has 0 aromatic rings. The van der Waals surface area contributed by atoms with E-state index in [0.717, 1.165) is 0 Å². The van der Waals surface area contributed by atoms with Crippen LogP contribution in [-0.2, 0) is 0 Å². The molecule has 1 rings (SSSR count). The van der Waals surface area contributed by atoms with Crippen molar-refractivity contribution in [1.82, 2.24) is 5.32 Å². The van der Waals surface area contributed by atoms with Crippen LogP contribution in [0.2, 0.25) is 0 Å². The summed E-state index contributed by atoms with van der Waals surface area (Å²) < 4.78 is 24.2.